The van der Waals surface area contributed by atoms with Crippen molar-refractivity contribution in [1.82, 2.24) is 5.32 Å². The van der Waals surface area contributed by atoms with Gasteiger partial charge in [-0.25, -0.2) is 0 Å². The lowest BCUT2D eigenvalue weighted by molar-refractivity contribution is -0.115. The second-order valence-corrected chi connectivity index (χ2v) is 5.03. The molecule has 1 aromatic rings. The third-order valence-corrected chi connectivity index (χ3v) is 2.26. The fraction of sp³-hybridized carbons (Fsp3) is 0.462. The van der Waals surface area contributed by atoms with E-state index in [-0.39, 0.29) is 23.7 Å². The maximum Gasteiger partial charge on any atom is 0.238 e. The molecule has 0 radical (unpaired) electrons. The van der Waals surface area contributed by atoms with Gasteiger partial charge in [-0.15, -0.1) is 0 Å². The maximum atomic E-state index is 11.6. The molecule has 0 aliphatic rings. The molecule has 0 bridgehead atoms. The van der Waals surface area contributed by atoms with Crippen LogP contribution in [0, 0.1) is 0 Å². The van der Waals surface area contributed by atoms with Gasteiger partial charge in [0.25, 0.3) is 0 Å². The zero-order valence-electron chi connectivity index (χ0n) is 11.2. The summed E-state index contributed by atoms with van der Waals surface area (Å²) in [6.07, 6.45) is 0. The summed E-state index contributed by atoms with van der Waals surface area (Å²) in [7, 11) is 1.51. The second-order valence-electron chi connectivity index (χ2n) is 5.03. The number of nitrogens with one attached hydrogen (secondary N) is 2. The molecule has 0 unspecified atom stereocenters. The molecule has 5 nitrogen and oxygen atoms in total. The van der Waals surface area contributed by atoms with Gasteiger partial charge in [0, 0.05) is 11.6 Å². The molecule has 1 amide bonds. The number of phenols is 1. The van der Waals surface area contributed by atoms with Crippen LogP contribution < -0.4 is 15.4 Å². The van der Waals surface area contributed by atoms with Gasteiger partial charge in [-0.1, -0.05) is 0 Å². The normalized spacial score (nSPS) is 11.1. The van der Waals surface area contributed by atoms with Crippen LogP contribution in [0.3, 0.4) is 0 Å². The zero-order valence-corrected chi connectivity index (χ0v) is 11.2. The van der Waals surface area contributed by atoms with Crippen molar-refractivity contribution in [2.24, 2.45) is 0 Å². The molecule has 0 aromatic heterocycles. The first-order chi connectivity index (χ1) is 8.31. The summed E-state index contributed by atoms with van der Waals surface area (Å²) < 4.78 is 4.96. The molecule has 0 fully saturated rings. The Bertz CT molecular complexity index is 425. The molecule has 18 heavy (non-hydrogen) atoms. The van der Waals surface area contributed by atoms with Crippen molar-refractivity contribution in [1.29, 1.82) is 0 Å². The fourth-order valence-corrected chi connectivity index (χ4v) is 1.28. The van der Waals surface area contributed by atoms with Gasteiger partial charge in [0.05, 0.1) is 19.3 Å². The molecule has 1 rings (SSSR count). The first kappa shape index (κ1) is 14.3. The number of methoxy groups -OCH3 is 1. The highest BCUT2D eigenvalue weighted by molar-refractivity contribution is 5.93. The monoisotopic (exact) mass is 252 g/mol. The second kappa shape index (κ2) is 5.73. The van der Waals surface area contributed by atoms with E-state index >= 15 is 0 Å². The van der Waals surface area contributed by atoms with E-state index < -0.39 is 0 Å². The molecule has 3 N–H and O–H groups in total. The molecule has 0 saturated heterocycles. The van der Waals surface area contributed by atoms with Crippen LogP contribution in [0.25, 0.3) is 0 Å². The Morgan fingerprint density at radius 1 is 1.39 bits per heavy atom. The molecule has 1 aromatic carbocycles. The molecule has 0 spiro atoms. The van der Waals surface area contributed by atoms with Gasteiger partial charge < -0.3 is 20.5 Å². The topological polar surface area (TPSA) is 70.6 Å². The van der Waals surface area contributed by atoms with Gasteiger partial charge in [-0.05, 0) is 32.9 Å². The Balaban J connectivity index is 2.59. The third kappa shape index (κ3) is 4.63. The Hall–Kier alpha value is -1.75. The van der Waals surface area contributed by atoms with Crippen LogP contribution in [0.5, 0.6) is 11.5 Å². The smallest absolute Gasteiger partial charge is 0.238 e. The van der Waals surface area contributed by atoms with Crippen molar-refractivity contribution >= 4 is 11.6 Å². The molecule has 5 heteroatoms. The Morgan fingerprint density at radius 3 is 2.56 bits per heavy atom. The predicted molar refractivity (Wildman–Crippen MR) is 71.0 cm³/mol. The van der Waals surface area contributed by atoms with Crippen molar-refractivity contribution in [3.63, 3.8) is 0 Å². The molecule has 0 atom stereocenters. The average Bonchev–Trinajstić information content (AvgIpc) is 2.28. The summed E-state index contributed by atoms with van der Waals surface area (Å²) in [5.74, 6) is 0.321. The van der Waals surface area contributed by atoms with Crippen LogP contribution >= 0.6 is 0 Å². The molecule has 0 aliphatic carbocycles. The number of hydrogen-bond donors (Lipinski definition) is 3. The number of rotatable bonds is 4. The van der Waals surface area contributed by atoms with Crippen LogP contribution in [0.4, 0.5) is 5.69 Å². The van der Waals surface area contributed by atoms with E-state index in [2.05, 4.69) is 10.6 Å². The molecule has 0 saturated carbocycles. The lowest BCUT2D eigenvalue weighted by atomic mass is 10.1. The van der Waals surface area contributed by atoms with E-state index in [9.17, 15) is 9.90 Å². The summed E-state index contributed by atoms with van der Waals surface area (Å²) in [6, 6.07) is 4.72. The first-order valence-electron chi connectivity index (χ1n) is 5.74. The number of carbonyl (C=O) groups excluding carboxylic acids is 1. The lowest BCUT2D eigenvalue weighted by Crippen LogP contribution is -2.41. The van der Waals surface area contributed by atoms with Crippen LogP contribution in [0.15, 0.2) is 18.2 Å². The number of benzene rings is 1. The SMILES string of the molecule is COc1ccc(NC(=O)CNC(C)(C)C)c(O)c1. The number of carbonyl (C=O) groups is 1. The van der Waals surface area contributed by atoms with Crippen molar-refractivity contribution in [3.05, 3.63) is 18.2 Å². The van der Waals surface area contributed by atoms with Gasteiger partial charge >= 0.3 is 0 Å². The highest BCUT2D eigenvalue weighted by atomic mass is 16.5. The number of ether oxygens (including phenoxy) is 1. The minimum atomic E-state index is -0.203. The van der Waals surface area contributed by atoms with E-state index in [1.165, 1.54) is 13.2 Å². The van der Waals surface area contributed by atoms with E-state index in [0.29, 0.717) is 11.4 Å². The highest BCUT2D eigenvalue weighted by Crippen LogP contribution is 2.27. The van der Waals surface area contributed by atoms with Gasteiger partial charge in [0.15, 0.2) is 0 Å². The highest BCUT2D eigenvalue weighted by Gasteiger charge is 2.12. The van der Waals surface area contributed by atoms with Crippen molar-refractivity contribution in [2.75, 3.05) is 19.0 Å². The average molecular weight is 252 g/mol. The van der Waals surface area contributed by atoms with E-state index in [0.717, 1.165) is 0 Å². The number of hydrogen-bond acceptors (Lipinski definition) is 4. The van der Waals surface area contributed by atoms with Crippen molar-refractivity contribution in [3.8, 4) is 11.5 Å². The Labute approximate surface area is 107 Å². The third-order valence-electron chi connectivity index (χ3n) is 2.26. The molecule has 0 heterocycles. The standard InChI is InChI=1S/C13H20N2O3/c1-13(2,3)14-8-12(17)15-10-6-5-9(18-4)7-11(10)16/h5-7,14,16H,8H2,1-4H3,(H,15,17). The number of aromatic hydroxyl groups is 1. The number of amides is 1. The zero-order chi connectivity index (χ0) is 13.8. The minimum absolute atomic E-state index is 0.0153. The van der Waals surface area contributed by atoms with Crippen LogP contribution in [0.1, 0.15) is 20.8 Å². The van der Waals surface area contributed by atoms with Gasteiger partial charge in [-0.3, -0.25) is 4.79 Å². The maximum absolute atomic E-state index is 11.6. The summed E-state index contributed by atoms with van der Waals surface area (Å²) in [6.45, 7) is 6.12. The van der Waals surface area contributed by atoms with Crippen molar-refractivity contribution < 1.29 is 14.6 Å². The Morgan fingerprint density at radius 2 is 2.06 bits per heavy atom. The fourth-order valence-electron chi connectivity index (χ4n) is 1.28. The van der Waals surface area contributed by atoms with Crippen LogP contribution in [-0.4, -0.2) is 30.2 Å². The van der Waals surface area contributed by atoms with Gasteiger partial charge in [0.2, 0.25) is 5.91 Å². The summed E-state index contributed by atoms with van der Waals surface area (Å²) in [4.78, 5) is 11.6. The van der Waals surface area contributed by atoms with Crippen molar-refractivity contribution in [2.45, 2.75) is 26.3 Å². The largest absolute Gasteiger partial charge is 0.506 e. The quantitative estimate of drug-likeness (QED) is 0.714. The molecule has 100 valence electrons. The summed E-state index contributed by atoms with van der Waals surface area (Å²) in [5.41, 5.74) is 0.246. The minimum Gasteiger partial charge on any atom is -0.506 e. The van der Waals surface area contributed by atoms with Gasteiger partial charge in [0.1, 0.15) is 11.5 Å². The first-order valence-corrected chi connectivity index (χ1v) is 5.74. The summed E-state index contributed by atoms with van der Waals surface area (Å²) in [5, 5.41) is 15.4. The lowest BCUT2D eigenvalue weighted by Gasteiger charge is -2.20. The van der Waals surface area contributed by atoms with Crippen LogP contribution in [-0.2, 0) is 4.79 Å². The molecular weight excluding hydrogens is 232 g/mol. The Kier molecular flexibility index (Phi) is 4.55. The van der Waals surface area contributed by atoms with Crippen LogP contribution in [0.2, 0.25) is 0 Å². The van der Waals surface area contributed by atoms with E-state index in [4.69, 9.17) is 4.74 Å². The summed E-state index contributed by atoms with van der Waals surface area (Å²) >= 11 is 0. The number of phenolic OH excluding ortho intramolecular Hbond substituents is 1. The molecular formula is C13H20N2O3. The van der Waals surface area contributed by atoms with E-state index in [1.54, 1.807) is 12.1 Å². The molecule has 0 aliphatic heterocycles. The van der Waals surface area contributed by atoms with Gasteiger partial charge in [-0.2, -0.15) is 0 Å². The van der Waals surface area contributed by atoms with E-state index in [1.807, 2.05) is 20.8 Å². The predicted octanol–water partition coefficient (Wildman–Crippen LogP) is 1.73. The number of anilines is 1.